The average Bonchev–Trinajstić information content (AvgIpc) is 2.62. The SMILES string of the molecule is COC(=O)C1=NCC2CC12. The standard InChI is InChI=1S/C7H9NO2/c1-10-7(9)6-5-2-4(5)3-8-6/h4-5H,2-3H2,1H3. The fourth-order valence-corrected chi connectivity index (χ4v) is 1.44. The van der Waals surface area contributed by atoms with Crippen LogP contribution in [0.1, 0.15) is 6.42 Å². The van der Waals surface area contributed by atoms with Crippen molar-refractivity contribution in [1.29, 1.82) is 0 Å². The summed E-state index contributed by atoms with van der Waals surface area (Å²) in [7, 11) is 1.40. The van der Waals surface area contributed by atoms with Crippen molar-refractivity contribution in [2.24, 2.45) is 16.8 Å². The van der Waals surface area contributed by atoms with Gasteiger partial charge in [0.1, 0.15) is 5.71 Å². The highest BCUT2D eigenvalue weighted by atomic mass is 16.5. The van der Waals surface area contributed by atoms with E-state index in [0.29, 0.717) is 17.5 Å². The van der Waals surface area contributed by atoms with E-state index in [1.165, 1.54) is 7.11 Å². The lowest BCUT2D eigenvalue weighted by Gasteiger charge is -1.96. The van der Waals surface area contributed by atoms with Crippen LogP contribution in [0.25, 0.3) is 0 Å². The lowest BCUT2D eigenvalue weighted by Crippen LogP contribution is -2.16. The van der Waals surface area contributed by atoms with Crippen molar-refractivity contribution >= 4 is 11.7 Å². The van der Waals surface area contributed by atoms with Gasteiger partial charge in [0.25, 0.3) is 0 Å². The maximum Gasteiger partial charge on any atom is 0.352 e. The first-order valence-electron chi connectivity index (χ1n) is 3.45. The molecule has 0 bridgehead atoms. The van der Waals surface area contributed by atoms with Gasteiger partial charge in [0, 0.05) is 12.5 Å². The monoisotopic (exact) mass is 139 g/mol. The fraction of sp³-hybridized carbons (Fsp3) is 0.714. The summed E-state index contributed by atoms with van der Waals surface area (Å²) < 4.78 is 4.56. The van der Waals surface area contributed by atoms with E-state index < -0.39 is 0 Å². The van der Waals surface area contributed by atoms with E-state index in [4.69, 9.17) is 0 Å². The molecular weight excluding hydrogens is 130 g/mol. The number of esters is 1. The van der Waals surface area contributed by atoms with Crippen molar-refractivity contribution in [2.45, 2.75) is 6.42 Å². The molecule has 3 nitrogen and oxygen atoms in total. The summed E-state index contributed by atoms with van der Waals surface area (Å²) in [6.07, 6.45) is 1.15. The Bertz CT molecular complexity index is 210. The molecule has 54 valence electrons. The predicted molar refractivity (Wildman–Crippen MR) is 35.9 cm³/mol. The van der Waals surface area contributed by atoms with E-state index in [1.807, 2.05) is 0 Å². The first-order valence-corrected chi connectivity index (χ1v) is 3.45. The molecule has 0 aromatic rings. The van der Waals surface area contributed by atoms with Gasteiger partial charge in [0.2, 0.25) is 0 Å². The van der Waals surface area contributed by atoms with Crippen LogP contribution in [0.4, 0.5) is 0 Å². The maximum absolute atomic E-state index is 10.9. The molecule has 1 fully saturated rings. The number of carbonyl (C=O) groups excluding carboxylic acids is 1. The second-order valence-corrected chi connectivity index (χ2v) is 2.82. The Morgan fingerprint density at radius 1 is 1.80 bits per heavy atom. The van der Waals surface area contributed by atoms with Gasteiger partial charge in [-0.3, -0.25) is 4.99 Å². The van der Waals surface area contributed by atoms with Gasteiger partial charge in [0.05, 0.1) is 7.11 Å². The number of methoxy groups -OCH3 is 1. The molecule has 1 aliphatic carbocycles. The molecule has 2 aliphatic rings. The minimum Gasteiger partial charge on any atom is -0.465 e. The van der Waals surface area contributed by atoms with Crippen LogP contribution < -0.4 is 0 Å². The number of fused-ring (bicyclic) bond motifs is 1. The third kappa shape index (κ3) is 0.664. The number of hydrogen-bond acceptors (Lipinski definition) is 3. The molecule has 0 aromatic heterocycles. The third-order valence-corrected chi connectivity index (χ3v) is 2.16. The average molecular weight is 139 g/mol. The number of hydrogen-bond donors (Lipinski definition) is 0. The van der Waals surface area contributed by atoms with Crippen LogP contribution >= 0.6 is 0 Å². The van der Waals surface area contributed by atoms with Gasteiger partial charge >= 0.3 is 5.97 Å². The van der Waals surface area contributed by atoms with E-state index in [9.17, 15) is 4.79 Å². The molecule has 0 spiro atoms. The van der Waals surface area contributed by atoms with Crippen molar-refractivity contribution in [1.82, 2.24) is 0 Å². The normalized spacial score (nSPS) is 34.7. The van der Waals surface area contributed by atoms with Crippen LogP contribution in [0.2, 0.25) is 0 Å². The molecule has 1 saturated carbocycles. The van der Waals surface area contributed by atoms with Gasteiger partial charge in [-0.05, 0) is 12.3 Å². The molecule has 0 aromatic carbocycles. The van der Waals surface area contributed by atoms with Gasteiger partial charge in [-0.2, -0.15) is 0 Å². The van der Waals surface area contributed by atoms with Gasteiger partial charge < -0.3 is 4.74 Å². The second kappa shape index (κ2) is 1.81. The fourth-order valence-electron chi connectivity index (χ4n) is 1.44. The van der Waals surface area contributed by atoms with Crippen LogP contribution in [0, 0.1) is 11.8 Å². The third-order valence-electron chi connectivity index (χ3n) is 2.16. The number of carbonyl (C=O) groups is 1. The number of nitrogens with zero attached hydrogens (tertiary/aromatic N) is 1. The Hall–Kier alpha value is -0.860. The molecular formula is C7H9NO2. The topological polar surface area (TPSA) is 38.7 Å². The molecule has 0 amide bonds. The zero-order chi connectivity index (χ0) is 7.14. The molecule has 2 unspecified atom stereocenters. The predicted octanol–water partition coefficient (Wildman–Crippen LogP) is 0.250. The second-order valence-electron chi connectivity index (χ2n) is 2.82. The van der Waals surface area contributed by atoms with Crippen molar-refractivity contribution in [3.05, 3.63) is 0 Å². The molecule has 0 saturated heterocycles. The molecule has 10 heavy (non-hydrogen) atoms. The smallest absolute Gasteiger partial charge is 0.352 e. The van der Waals surface area contributed by atoms with Crippen molar-refractivity contribution in [3.8, 4) is 0 Å². The Labute approximate surface area is 59.1 Å². The quantitative estimate of drug-likeness (QED) is 0.488. The zero-order valence-electron chi connectivity index (χ0n) is 5.83. The van der Waals surface area contributed by atoms with E-state index in [1.54, 1.807) is 0 Å². The number of rotatable bonds is 1. The Kier molecular flexibility index (Phi) is 1.07. The molecule has 3 heteroatoms. The summed E-state index contributed by atoms with van der Waals surface area (Å²) in [6, 6.07) is 0. The van der Waals surface area contributed by atoms with Gasteiger partial charge in [-0.15, -0.1) is 0 Å². The highest BCUT2D eigenvalue weighted by Crippen LogP contribution is 2.44. The van der Waals surface area contributed by atoms with Crippen LogP contribution in [-0.2, 0) is 9.53 Å². The van der Waals surface area contributed by atoms with Crippen LogP contribution in [0.15, 0.2) is 4.99 Å². The van der Waals surface area contributed by atoms with Crippen molar-refractivity contribution in [3.63, 3.8) is 0 Å². The lowest BCUT2D eigenvalue weighted by atomic mass is 10.2. The highest BCUT2D eigenvalue weighted by Gasteiger charge is 2.47. The largest absolute Gasteiger partial charge is 0.465 e. The molecule has 2 rings (SSSR count). The van der Waals surface area contributed by atoms with Crippen molar-refractivity contribution in [2.75, 3.05) is 13.7 Å². The van der Waals surface area contributed by atoms with Crippen LogP contribution in [0.3, 0.4) is 0 Å². The highest BCUT2D eigenvalue weighted by molar-refractivity contribution is 6.38. The summed E-state index contributed by atoms with van der Waals surface area (Å²) >= 11 is 0. The van der Waals surface area contributed by atoms with E-state index in [0.717, 1.165) is 13.0 Å². The number of ether oxygens (including phenoxy) is 1. The lowest BCUT2D eigenvalue weighted by molar-refractivity contribution is -0.132. The summed E-state index contributed by atoms with van der Waals surface area (Å²) in [5.41, 5.74) is 0.674. The molecule has 0 radical (unpaired) electrons. The summed E-state index contributed by atoms with van der Waals surface area (Å²) in [4.78, 5) is 15.0. The summed E-state index contributed by atoms with van der Waals surface area (Å²) in [5, 5.41) is 0. The van der Waals surface area contributed by atoms with E-state index >= 15 is 0 Å². The minimum absolute atomic E-state index is 0.231. The van der Waals surface area contributed by atoms with Gasteiger partial charge in [0.15, 0.2) is 0 Å². The van der Waals surface area contributed by atoms with Crippen LogP contribution in [-0.4, -0.2) is 25.3 Å². The minimum atomic E-state index is -0.231. The zero-order valence-corrected chi connectivity index (χ0v) is 5.83. The first-order chi connectivity index (χ1) is 4.83. The van der Waals surface area contributed by atoms with Gasteiger partial charge in [-0.25, -0.2) is 4.79 Å². The van der Waals surface area contributed by atoms with E-state index in [-0.39, 0.29) is 5.97 Å². The Balaban J connectivity index is 2.11. The first kappa shape index (κ1) is 5.89. The molecule has 1 heterocycles. The molecule has 1 aliphatic heterocycles. The number of aliphatic imine (C=N–C) groups is 1. The van der Waals surface area contributed by atoms with E-state index in [2.05, 4.69) is 9.73 Å². The summed E-state index contributed by atoms with van der Waals surface area (Å²) in [6.45, 7) is 0.842. The van der Waals surface area contributed by atoms with Crippen molar-refractivity contribution < 1.29 is 9.53 Å². The Morgan fingerprint density at radius 2 is 2.60 bits per heavy atom. The van der Waals surface area contributed by atoms with Gasteiger partial charge in [-0.1, -0.05) is 0 Å². The molecule has 0 N–H and O–H groups in total. The maximum atomic E-state index is 10.9. The molecule has 2 atom stereocenters. The van der Waals surface area contributed by atoms with Crippen LogP contribution in [0.5, 0.6) is 0 Å². The summed E-state index contributed by atoms with van der Waals surface area (Å²) in [5.74, 6) is 0.895. The Morgan fingerprint density at radius 3 is 3.00 bits per heavy atom.